The Morgan fingerprint density at radius 1 is 0.793 bits per heavy atom. The summed E-state index contributed by atoms with van der Waals surface area (Å²) in [6, 6.07) is 12.4. The molecular weight excluding hydrogens is 425 g/mol. The zero-order valence-corrected chi connectivity index (χ0v) is 16.3. The molecule has 0 spiro atoms. The molecule has 4 aromatic rings. The predicted molar refractivity (Wildman–Crippen MR) is 103 cm³/mol. The minimum absolute atomic E-state index is 0.00644. The highest BCUT2D eigenvalue weighted by atomic mass is 33.1. The number of para-hydroxylation sites is 4. The first-order valence-electron chi connectivity index (χ1n) is 8.20. The van der Waals surface area contributed by atoms with Gasteiger partial charge in [-0.1, -0.05) is 24.3 Å². The zero-order chi connectivity index (χ0) is 20.8. The Kier molecular flexibility index (Phi) is 4.87. The molecular formula is C18H11F3N4O2S2. The molecule has 0 saturated heterocycles. The fourth-order valence-corrected chi connectivity index (χ4v) is 5.13. The highest BCUT2D eigenvalue weighted by molar-refractivity contribution is 8.76. The Labute approximate surface area is 170 Å². The standard InChI is InChI=1S/C18H11F3N4O2S2/c1-10-16(24(26)13-8-4-2-6-11(13)22-10)28-29-17-15(18(19,20)21)23-12-7-3-5-9-14(12)25(17)27/h2-9H,1H3. The van der Waals surface area contributed by atoms with Gasteiger partial charge in [0.2, 0.25) is 16.7 Å². The van der Waals surface area contributed by atoms with E-state index in [9.17, 15) is 23.6 Å². The first-order chi connectivity index (χ1) is 13.8. The number of aryl methyl sites for hydroxylation is 1. The maximum atomic E-state index is 13.5. The molecule has 0 unspecified atom stereocenters. The molecule has 2 heterocycles. The van der Waals surface area contributed by atoms with Crippen LogP contribution in [0.15, 0.2) is 58.6 Å². The molecule has 2 aromatic carbocycles. The van der Waals surface area contributed by atoms with Crippen LogP contribution in [0.2, 0.25) is 0 Å². The van der Waals surface area contributed by atoms with E-state index in [2.05, 4.69) is 9.97 Å². The van der Waals surface area contributed by atoms with E-state index >= 15 is 0 Å². The summed E-state index contributed by atoms with van der Waals surface area (Å²) in [4.78, 5) is 7.95. The minimum atomic E-state index is -4.83. The molecule has 0 N–H and O–H groups in total. The van der Waals surface area contributed by atoms with Crippen molar-refractivity contribution in [3.8, 4) is 0 Å². The maximum Gasteiger partial charge on any atom is 0.440 e. The van der Waals surface area contributed by atoms with Gasteiger partial charge in [-0.15, -0.1) is 0 Å². The summed E-state index contributed by atoms with van der Waals surface area (Å²) in [5.41, 5.74) is -0.262. The molecule has 0 aliphatic carbocycles. The van der Waals surface area contributed by atoms with Crippen LogP contribution in [0.25, 0.3) is 22.1 Å². The Morgan fingerprint density at radius 3 is 1.86 bits per heavy atom. The Hall–Kier alpha value is -2.79. The third-order valence-electron chi connectivity index (χ3n) is 4.07. The lowest BCUT2D eigenvalue weighted by Crippen LogP contribution is -2.34. The monoisotopic (exact) mass is 436 g/mol. The van der Waals surface area contributed by atoms with Crippen molar-refractivity contribution in [3.63, 3.8) is 0 Å². The molecule has 0 saturated carbocycles. The third kappa shape index (κ3) is 3.51. The second kappa shape index (κ2) is 7.23. The van der Waals surface area contributed by atoms with Gasteiger partial charge in [0, 0.05) is 33.7 Å². The van der Waals surface area contributed by atoms with E-state index in [1.54, 1.807) is 31.2 Å². The van der Waals surface area contributed by atoms with Gasteiger partial charge in [0.1, 0.15) is 16.7 Å². The maximum absolute atomic E-state index is 13.5. The molecule has 11 heteroatoms. The topological polar surface area (TPSA) is 79.7 Å². The smallest absolute Gasteiger partial charge is 0.440 e. The van der Waals surface area contributed by atoms with Crippen molar-refractivity contribution in [2.75, 3.05) is 0 Å². The Balaban J connectivity index is 1.81. The molecule has 0 bridgehead atoms. The van der Waals surface area contributed by atoms with Crippen LogP contribution in [-0.2, 0) is 6.18 Å². The molecule has 4 rings (SSSR count). The molecule has 0 radical (unpaired) electrons. The fourth-order valence-electron chi connectivity index (χ4n) is 2.75. The van der Waals surface area contributed by atoms with Crippen molar-refractivity contribution in [3.05, 3.63) is 70.3 Å². The molecule has 2 aromatic heterocycles. The molecule has 0 atom stereocenters. The van der Waals surface area contributed by atoms with Gasteiger partial charge in [-0.3, -0.25) is 0 Å². The van der Waals surface area contributed by atoms with Gasteiger partial charge in [-0.05, 0) is 19.1 Å². The molecule has 29 heavy (non-hydrogen) atoms. The first kappa shape index (κ1) is 19.5. The lowest BCUT2D eigenvalue weighted by molar-refractivity contribution is -0.621. The molecule has 6 nitrogen and oxygen atoms in total. The number of rotatable bonds is 3. The van der Waals surface area contributed by atoms with Gasteiger partial charge < -0.3 is 10.4 Å². The zero-order valence-electron chi connectivity index (χ0n) is 14.7. The van der Waals surface area contributed by atoms with E-state index in [-0.39, 0.29) is 26.3 Å². The number of halogens is 3. The average Bonchev–Trinajstić information content (AvgIpc) is 2.68. The van der Waals surface area contributed by atoms with E-state index < -0.39 is 16.9 Å². The first-order valence-corrected chi connectivity index (χ1v) is 10.4. The van der Waals surface area contributed by atoms with Crippen LogP contribution in [0.3, 0.4) is 0 Å². The average molecular weight is 436 g/mol. The number of hydrogen-bond donors (Lipinski definition) is 0. The fraction of sp³-hybridized carbons (Fsp3) is 0.111. The Bertz CT molecular complexity index is 1250. The van der Waals surface area contributed by atoms with Crippen molar-refractivity contribution in [2.24, 2.45) is 0 Å². The number of benzene rings is 2. The van der Waals surface area contributed by atoms with Crippen molar-refractivity contribution < 1.29 is 22.6 Å². The van der Waals surface area contributed by atoms with Crippen LogP contribution in [0.1, 0.15) is 11.4 Å². The van der Waals surface area contributed by atoms with Crippen LogP contribution >= 0.6 is 21.6 Å². The number of fused-ring (bicyclic) bond motifs is 2. The molecule has 0 aliphatic rings. The van der Waals surface area contributed by atoms with E-state index in [1.165, 1.54) is 24.3 Å². The van der Waals surface area contributed by atoms with Gasteiger partial charge in [-0.25, -0.2) is 9.97 Å². The van der Waals surface area contributed by atoms with E-state index in [4.69, 9.17) is 0 Å². The summed E-state index contributed by atoms with van der Waals surface area (Å²) >= 11 is 0. The minimum Gasteiger partial charge on any atom is -0.617 e. The lowest BCUT2D eigenvalue weighted by Gasteiger charge is -2.13. The van der Waals surface area contributed by atoms with Gasteiger partial charge >= 0.3 is 6.18 Å². The molecule has 0 aliphatic heterocycles. The molecule has 148 valence electrons. The summed E-state index contributed by atoms with van der Waals surface area (Å²) in [5, 5.41) is 24.8. The van der Waals surface area contributed by atoms with Gasteiger partial charge in [0.05, 0.1) is 0 Å². The normalized spacial score (nSPS) is 12.0. The summed E-state index contributed by atoms with van der Waals surface area (Å²) in [6.07, 6.45) is -4.83. The summed E-state index contributed by atoms with van der Waals surface area (Å²) in [7, 11) is 1.27. The van der Waals surface area contributed by atoms with Crippen LogP contribution in [-0.4, -0.2) is 9.97 Å². The van der Waals surface area contributed by atoms with Gasteiger partial charge in [0.25, 0.3) is 10.1 Å². The summed E-state index contributed by atoms with van der Waals surface area (Å²) in [5.74, 6) is 0. The van der Waals surface area contributed by atoms with Crippen LogP contribution in [0.4, 0.5) is 13.2 Å². The largest absolute Gasteiger partial charge is 0.617 e. The van der Waals surface area contributed by atoms with E-state index in [0.717, 1.165) is 10.8 Å². The summed E-state index contributed by atoms with van der Waals surface area (Å²) < 4.78 is 41.4. The summed E-state index contributed by atoms with van der Waals surface area (Å²) in [6.45, 7) is 1.58. The number of nitrogens with zero attached hydrogens (tertiary/aromatic N) is 4. The number of hydrogen-bond acceptors (Lipinski definition) is 6. The SMILES string of the molecule is Cc1nc2ccccc2[n+]([O-])c1SSc1c(C(F)(F)F)nc2ccccc2[n+]1[O-]. The van der Waals surface area contributed by atoms with Crippen LogP contribution < -0.4 is 9.46 Å². The van der Waals surface area contributed by atoms with Crippen molar-refractivity contribution in [1.29, 1.82) is 0 Å². The number of aromatic nitrogens is 4. The van der Waals surface area contributed by atoms with Gasteiger partial charge in [0.15, 0.2) is 0 Å². The Morgan fingerprint density at radius 2 is 1.28 bits per heavy atom. The van der Waals surface area contributed by atoms with Crippen LogP contribution in [0, 0.1) is 17.3 Å². The second-order valence-corrected chi connectivity index (χ2v) is 8.11. The number of alkyl halides is 3. The molecule has 0 fully saturated rings. The predicted octanol–water partition coefficient (Wildman–Crippen LogP) is 4.18. The van der Waals surface area contributed by atoms with Crippen molar-refractivity contribution in [2.45, 2.75) is 23.2 Å². The molecule has 0 amide bonds. The highest BCUT2D eigenvalue weighted by Gasteiger charge is 2.41. The third-order valence-corrected chi connectivity index (χ3v) is 6.49. The van der Waals surface area contributed by atoms with E-state index in [0.29, 0.717) is 26.7 Å². The van der Waals surface area contributed by atoms with Gasteiger partial charge in [-0.2, -0.15) is 22.6 Å². The second-order valence-electron chi connectivity index (χ2n) is 6.00. The lowest BCUT2D eigenvalue weighted by atomic mass is 10.3. The highest BCUT2D eigenvalue weighted by Crippen LogP contribution is 2.42. The van der Waals surface area contributed by atoms with E-state index in [1.807, 2.05) is 0 Å². The van der Waals surface area contributed by atoms with Crippen LogP contribution in [0.5, 0.6) is 0 Å². The van der Waals surface area contributed by atoms with Crippen molar-refractivity contribution >= 4 is 43.7 Å². The quantitative estimate of drug-likeness (QED) is 0.272. The van der Waals surface area contributed by atoms with Crippen molar-refractivity contribution in [1.82, 2.24) is 9.97 Å².